The zero-order valence-corrected chi connectivity index (χ0v) is 13.7. The van der Waals surface area contributed by atoms with Gasteiger partial charge < -0.3 is 14.8 Å². The van der Waals surface area contributed by atoms with Crippen LogP contribution in [0.5, 0.6) is 5.75 Å². The minimum Gasteiger partial charge on any atom is -0.491 e. The maximum Gasteiger partial charge on any atom is 0.145 e. The quantitative estimate of drug-likeness (QED) is 0.769. The number of aromatic nitrogens is 4. The van der Waals surface area contributed by atoms with Crippen molar-refractivity contribution in [3.05, 3.63) is 36.9 Å². The first kappa shape index (κ1) is 15.2. The minimum absolute atomic E-state index is 0.362. The molecule has 1 atom stereocenters. The molecule has 0 bridgehead atoms. The lowest BCUT2D eigenvalue weighted by Crippen LogP contribution is -2.42. The summed E-state index contributed by atoms with van der Waals surface area (Å²) in [4.78, 5) is 0. The third-order valence-electron chi connectivity index (χ3n) is 4.23. The molecular weight excluding hydrogens is 306 g/mol. The van der Waals surface area contributed by atoms with Gasteiger partial charge in [-0.2, -0.15) is 10.2 Å². The normalized spacial score (nSPS) is 18.1. The minimum atomic E-state index is 0.362. The molecule has 7 heteroatoms. The molecule has 3 aromatic rings. The summed E-state index contributed by atoms with van der Waals surface area (Å²) in [5.74, 6) is 0.839. The molecule has 7 nitrogen and oxygen atoms in total. The average molecular weight is 327 g/mol. The van der Waals surface area contributed by atoms with Gasteiger partial charge in [0.2, 0.25) is 0 Å². The SMILES string of the molecule is Cn1cc(-c2cc(OCCC3COCCN3)c3ccnn3c2)cn1. The van der Waals surface area contributed by atoms with E-state index in [1.807, 2.05) is 36.2 Å². The summed E-state index contributed by atoms with van der Waals surface area (Å²) < 4.78 is 15.2. The highest BCUT2D eigenvalue weighted by molar-refractivity contribution is 5.70. The number of nitrogens with one attached hydrogen (secondary N) is 1. The van der Waals surface area contributed by atoms with Gasteiger partial charge in [0.25, 0.3) is 0 Å². The fourth-order valence-electron chi connectivity index (χ4n) is 2.96. The predicted octanol–water partition coefficient (Wildman–Crippen LogP) is 1.49. The smallest absolute Gasteiger partial charge is 0.145 e. The van der Waals surface area contributed by atoms with Gasteiger partial charge in [-0.25, -0.2) is 4.52 Å². The second kappa shape index (κ2) is 6.62. The van der Waals surface area contributed by atoms with Crippen LogP contribution >= 0.6 is 0 Å². The van der Waals surface area contributed by atoms with Crippen molar-refractivity contribution in [1.29, 1.82) is 0 Å². The Balaban J connectivity index is 1.53. The average Bonchev–Trinajstić information content (AvgIpc) is 3.24. The number of fused-ring (bicyclic) bond motifs is 1. The highest BCUT2D eigenvalue weighted by atomic mass is 16.5. The van der Waals surface area contributed by atoms with Crippen LogP contribution in [-0.2, 0) is 11.8 Å². The van der Waals surface area contributed by atoms with Crippen molar-refractivity contribution in [1.82, 2.24) is 24.7 Å². The Morgan fingerprint density at radius 1 is 1.33 bits per heavy atom. The summed E-state index contributed by atoms with van der Waals surface area (Å²) >= 11 is 0. The molecule has 0 radical (unpaired) electrons. The molecule has 1 saturated heterocycles. The van der Waals surface area contributed by atoms with E-state index in [1.165, 1.54) is 0 Å². The molecule has 24 heavy (non-hydrogen) atoms. The number of ether oxygens (including phenoxy) is 2. The van der Waals surface area contributed by atoms with Crippen LogP contribution in [-0.4, -0.2) is 51.8 Å². The van der Waals surface area contributed by atoms with E-state index in [-0.39, 0.29) is 0 Å². The van der Waals surface area contributed by atoms with Crippen LogP contribution in [0.3, 0.4) is 0 Å². The van der Waals surface area contributed by atoms with Crippen molar-refractivity contribution >= 4 is 5.52 Å². The lowest BCUT2D eigenvalue weighted by Gasteiger charge is -2.23. The first-order valence-corrected chi connectivity index (χ1v) is 8.20. The fourth-order valence-corrected chi connectivity index (χ4v) is 2.96. The van der Waals surface area contributed by atoms with Gasteiger partial charge in [0.05, 0.1) is 32.2 Å². The molecule has 1 unspecified atom stereocenters. The van der Waals surface area contributed by atoms with Crippen LogP contribution in [0.2, 0.25) is 0 Å². The third kappa shape index (κ3) is 3.13. The first-order valence-electron chi connectivity index (χ1n) is 8.20. The number of aryl methyl sites for hydroxylation is 1. The van der Waals surface area contributed by atoms with E-state index in [9.17, 15) is 0 Å². The molecule has 3 aromatic heterocycles. The fraction of sp³-hybridized carbons (Fsp3) is 0.412. The number of hydrogen-bond donors (Lipinski definition) is 1. The van der Waals surface area contributed by atoms with Crippen molar-refractivity contribution in [3.63, 3.8) is 0 Å². The van der Waals surface area contributed by atoms with Crippen molar-refractivity contribution in [2.24, 2.45) is 7.05 Å². The summed E-state index contributed by atoms with van der Waals surface area (Å²) in [6.07, 6.45) is 8.52. The second-order valence-electron chi connectivity index (χ2n) is 6.02. The van der Waals surface area contributed by atoms with E-state index in [0.29, 0.717) is 12.6 Å². The Morgan fingerprint density at radius 3 is 3.08 bits per heavy atom. The summed E-state index contributed by atoms with van der Waals surface area (Å²) in [6, 6.07) is 4.38. The van der Waals surface area contributed by atoms with Gasteiger partial charge in [0.15, 0.2) is 0 Å². The molecule has 1 fully saturated rings. The van der Waals surface area contributed by atoms with Crippen molar-refractivity contribution in [2.75, 3.05) is 26.4 Å². The lowest BCUT2D eigenvalue weighted by molar-refractivity contribution is 0.0692. The summed E-state index contributed by atoms with van der Waals surface area (Å²) in [5.41, 5.74) is 3.05. The van der Waals surface area contributed by atoms with Crippen LogP contribution in [0.15, 0.2) is 36.9 Å². The monoisotopic (exact) mass is 327 g/mol. The Hall–Kier alpha value is -2.38. The summed E-state index contributed by atoms with van der Waals surface area (Å²) in [6.45, 7) is 3.09. The molecule has 0 saturated carbocycles. The molecule has 0 spiro atoms. The third-order valence-corrected chi connectivity index (χ3v) is 4.23. The number of morpholine rings is 1. The first-order chi connectivity index (χ1) is 11.8. The summed E-state index contributed by atoms with van der Waals surface area (Å²) in [7, 11) is 1.91. The predicted molar refractivity (Wildman–Crippen MR) is 90.1 cm³/mol. The maximum atomic E-state index is 6.07. The number of rotatable bonds is 5. The van der Waals surface area contributed by atoms with Crippen LogP contribution < -0.4 is 10.1 Å². The van der Waals surface area contributed by atoms with E-state index in [0.717, 1.165) is 48.6 Å². The maximum absolute atomic E-state index is 6.07. The molecule has 4 rings (SSSR count). The zero-order valence-electron chi connectivity index (χ0n) is 13.7. The van der Waals surface area contributed by atoms with Gasteiger partial charge in [-0.05, 0) is 18.6 Å². The van der Waals surface area contributed by atoms with E-state index >= 15 is 0 Å². The zero-order chi connectivity index (χ0) is 16.4. The lowest BCUT2D eigenvalue weighted by atomic mass is 10.1. The Kier molecular flexibility index (Phi) is 4.18. The van der Waals surface area contributed by atoms with Crippen LogP contribution in [0.4, 0.5) is 0 Å². The van der Waals surface area contributed by atoms with Crippen LogP contribution in [0.1, 0.15) is 6.42 Å². The molecule has 126 valence electrons. The molecule has 4 heterocycles. The molecule has 1 aliphatic heterocycles. The van der Waals surface area contributed by atoms with Gasteiger partial charge >= 0.3 is 0 Å². The Morgan fingerprint density at radius 2 is 2.29 bits per heavy atom. The topological polar surface area (TPSA) is 65.6 Å². The van der Waals surface area contributed by atoms with Crippen molar-refractivity contribution in [2.45, 2.75) is 12.5 Å². The van der Waals surface area contributed by atoms with E-state index in [2.05, 4.69) is 21.6 Å². The summed E-state index contributed by atoms with van der Waals surface area (Å²) in [5, 5.41) is 12.0. The highest BCUT2D eigenvalue weighted by Crippen LogP contribution is 2.27. The standard InChI is InChI=1S/C17H21N5O2/c1-21-10-14(9-20-21)13-8-17(16-2-4-19-22(16)11-13)24-6-3-15-12-23-7-5-18-15/h2,4,8-11,15,18H,3,5-7,12H2,1H3. The Bertz CT molecular complexity index is 819. The highest BCUT2D eigenvalue weighted by Gasteiger charge is 2.14. The second-order valence-corrected chi connectivity index (χ2v) is 6.02. The molecular formula is C17H21N5O2. The number of hydrogen-bond acceptors (Lipinski definition) is 5. The van der Waals surface area contributed by atoms with Gasteiger partial charge in [-0.15, -0.1) is 0 Å². The van der Waals surface area contributed by atoms with Crippen molar-refractivity contribution < 1.29 is 9.47 Å². The van der Waals surface area contributed by atoms with Gasteiger partial charge in [0, 0.05) is 43.2 Å². The van der Waals surface area contributed by atoms with Crippen LogP contribution in [0.25, 0.3) is 16.6 Å². The number of pyridine rings is 1. The largest absolute Gasteiger partial charge is 0.491 e. The van der Waals surface area contributed by atoms with Gasteiger partial charge in [-0.1, -0.05) is 0 Å². The van der Waals surface area contributed by atoms with E-state index in [4.69, 9.17) is 9.47 Å². The van der Waals surface area contributed by atoms with Gasteiger partial charge in [0.1, 0.15) is 11.3 Å². The molecule has 0 aliphatic carbocycles. The Labute approximate surface area is 140 Å². The van der Waals surface area contributed by atoms with Crippen LogP contribution in [0, 0.1) is 0 Å². The van der Waals surface area contributed by atoms with Crippen molar-refractivity contribution in [3.8, 4) is 16.9 Å². The number of nitrogens with zero attached hydrogens (tertiary/aromatic N) is 4. The van der Waals surface area contributed by atoms with E-state index in [1.54, 1.807) is 10.9 Å². The molecule has 1 aliphatic rings. The molecule has 0 amide bonds. The van der Waals surface area contributed by atoms with Gasteiger partial charge in [-0.3, -0.25) is 4.68 Å². The molecule has 0 aromatic carbocycles. The molecule has 1 N–H and O–H groups in total. The van der Waals surface area contributed by atoms with E-state index < -0.39 is 0 Å².